The highest BCUT2D eigenvalue weighted by atomic mass is 14.0. The van der Waals surface area contributed by atoms with Crippen molar-refractivity contribution in [2.24, 2.45) is 0 Å². The number of hydrogen-bond donors (Lipinski definition) is 0. The van der Waals surface area contributed by atoms with E-state index in [1.165, 1.54) is 32.1 Å². The molecule has 1 aliphatic carbocycles. The highest BCUT2D eigenvalue weighted by Crippen LogP contribution is 2.13. The van der Waals surface area contributed by atoms with Gasteiger partial charge >= 0.3 is 0 Å². The largest absolute Gasteiger partial charge is 0.0525 e. The lowest BCUT2D eigenvalue weighted by Gasteiger charge is -1.85. The Bertz CT molecular complexity index is 19.7. The fraction of sp³-hybridized carbons (Fsp3) is 0.714. The van der Waals surface area contributed by atoms with Crippen molar-refractivity contribution in [2.45, 2.75) is 32.1 Å². The molecule has 0 aromatic rings. The third-order valence-corrected chi connectivity index (χ3v) is 1.29. The third-order valence-electron chi connectivity index (χ3n) is 1.29. The second-order valence-corrected chi connectivity index (χ2v) is 1.97. The molecule has 0 atom stereocenters. The van der Waals surface area contributed by atoms with Crippen molar-refractivity contribution in [1.82, 2.24) is 0 Å². The summed E-state index contributed by atoms with van der Waals surface area (Å²) < 4.78 is 0. The summed E-state index contributed by atoms with van der Waals surface area (Å²) in [4.78, 5) is 0. The van der Waals surface area contributed by atoms with Crippen LogP contribution in [0, 0.1) is 12.8 Å². The van der Waals surface area contributed by atoms with Crippen molar-refractivity contribution < 1.29 is 0 Å². The topological polar surface area (TPSA) is 0 Å². The van der Waals surface area contributed by atoms with E-state index in [1.54, 1.807) is 0 Å². The zero-order valence-electron chi connectivity index (χ0n) is 4.61. The summed E-state index contributed by atoms with van der Waals surface area (Å²) in [7, 11) is 0. The smallest absolute Gasteiger partial charge is 0.0173 e. The van der Waals surface area contributed by atoms with Crippen LogP contribution in [0.1, 0.15) is 32.1 Å². The molecule has 1 fully saturated rings. The Kier molecular flexibility index (Phi) is 2.25. The molecule has 0 heteroatoms. The Labute approximate surface area is 45.9 Å². The van der Waals surface area contributed by atoms with Gasteiger partial charge < -0.3 is 0 Å². The zero-order chi connectivity index (χ0) is 4.95. The first-order valence-corrected chi connectivity index (χ1v) is 3.02. The van der Waals surface area contributed by atoms with Gasteiger partial charge in [-0.15, -0.1) is 0 Å². The highest BCUT2D eigenvalue weighted by Gasteiger charge is 1.96. The fourth-order valence-corrected chi connectivity index (χ4v) is 0.845. The van der Waals surface area contributed by atoms with E-state index >= 15 is 0 Å². The van der Waals surface area contributed by atoms with E-state index in [-0.39, 0.29) is 0 Å². The fourth-order valence-electron chi connectivity index (χ4n) is 0.845. The van der Waals surface area contributed by atoms with Crippen LogP contribution >= 0.6 is 0 Å². The van der Waals surface area contributed by atoms with Gasteiger partial charge in [0, 0.05) is 0 Å². The molecule has 7 heavy (non-hydrogen) atoms. The van der Waals surface area contributed by atoms with Gasteiger partial charge in [-0.3, -0.25) is 0 Å². The van der Waals surface area contributed by atoms with Crippen LogP contribution < -0.4 is 0 Å². The maximum Gasteiger partial charge on any atom is -0.0173 e. The van der Waals surface area contributed by atoms with Crippen molar-refractivity contribution in [3.63, 3.8) is 0 Å². The number of hydrogen-bond acceptors (Lipinski definition) is 0. The van der Waals surface area contributed by atoms with Gasteiger partial charge in [0.25, 0.3) is 0 Å². The lowest BCUT2D eigenvalue weighted by Crippen LogP contribution is -1.68. The van der Waals surface area contributed by atoms with E-state index < -0.39 is 0 Å². The van der Waals surface area contributed by atoms with E-state index in [4.69, 9.17) is 0 Å². The second kappa shape index (κ2) is 3.06. The Hall–Kier alpha value is 0. The average Bonchev–Trinajstić information content (AvgIpc) is 1.90. The van der Waals surface area contributed by atoms with Crippen molar-refractivity contribution in [2.75, 3.05) is 0 Å². The lowest BCUT2D eigenvalue weighted by molar-refractivity contribution is 0.824. The van der Waals surface area contributed by atoms with E-state index in [0.717, 1.165) is 0 Å². The molecule has 1 saturated carbocycles. The maximum absolute atomic E-state index is 3.32. The molecule has 0 heterocycles. The second-order valence-electron chi connectivity index (χ2n) is 1.97. The summed E-state index contributed by atoms with van der Waals surface area (Å²) in [6, 6.07) is 0. The molecule has 0 aromatic carbocycles. The van der Waals surface area contributed by atoms with Crippen LogP contribution in [0.25, 0.3) is 0 Å². The molecule has 0 N–H and O–H groups in total. The van der Waals surface area contributed by atoms with Crippen LogP contribution in [-0.4, -0.2) is 0 Å². The average molecular weight is 95.2 g/mol. The minimum atomic E-state index is 1.19. The molecule has 0 amide bonds. The van der Waals surface area contributed by atoms with Crippen LogP contribution in [-0.2, 0) is 0 Å². The summed E-state index contributed by atoms with van der Waals surface area (Å²) in [5.74, 6) is 0. The quantitative estimate of drug-likeness (QED) is 0.405. The minimum Gasteiger partial charge on any atom is -0.0525 e. The lowest BCUT2D eigenvalue weighted by atomic mass is 10.2. The van der Waals surface area contributed by atoms with Crippen molar-refractivity contribution in [3.05, 3.63) is 12.8 Å². The molecule has 0 bridgehead atoms. The monoisotopic (exact) mass is 95.1 g/mol. The van der Waals surface area contributed by atoms with Gasteiger partial charge in [-0.05, 0) is 32.1 Å². The van der Waals surface area contributed by atoms with Crippen LogP contribution in [0.15, 0.2) is 0 Å². The SMILES string of the molecule is [C]1CC[CH]CCC1. The zero-order valence-corrected chi connectivity index (χ0v) is 4.61. The summed E-state index contributed by atoms with van der Waals surface area (Å²) in [5, 5.41) is 0. The van der Waals surface area contributed by atoms with Gasteiger partial charge in [-0.2, -0.15) is 0 Å². The molecular weight excluding hydrogens is 84.1 g/mol. The summed E-state index contributed by atoms with van der Waals surface area (Å²) >= 11 is 0. The molecule has 0 unspecified atom stereocenters. The molecule has 0 aromatic heterocycles. The van der Waals surface area contributed by atoms with Crippen molar-refractivity contribution in [3.8, 4) is 0 Å². The summed E-state index contributed by atoms with van der Waals surface area (Å²) in [6.45, 7) is 0. The summed E-state index contributed by atoms with van der Waals surface area (Å²) in [6.07, 6.45) is 12.0. The van der Waals surface area contributed by atoms with Gasteiger partial charge in [-0.25, -0.2) is 0 Å². The molecule has 0 saturated heterocycles. The van der Waals surface area contributed by atoms with Crippen LogP contribution in [0.2, 0.25) is 0 Å². The van der Waals surface area contributed by atoms with Gasteiger partial charge in [0.1, 0.15) is 0 Å². The van der Waals surface area contributed by atoms with Crippen LogP contribution in [0.4, 0.5) is 0 Å². The van der Waals surface area contributed by atoms with E-state index in [0.29, 0.717) is 0 Å². The minimum absolute atomic E-state index is 1.19. The van der Waals surface area contributed by atoms with Gasteiger partial charge in [0.05, 0.1) is 0 Å². The molecule has 3 radical (unpaired) electrons. The van der Waals surface area contributed by atoms with Crippen molar-refractivity contribution >= 4 is 0 Å². The summed E-state index contributed by atoms with van der Waals surface area (Å²) in [5.41, 5.74) is 0. The first-order chi connectivity index (χ1) is 3.50. The van der Waals surface area contributed by atoms with E-state index in [2.05, 4.69) is 12.8 Å². The molecule has 0 aliphatic heterocycles. The molecular formula is C7H11. The predicted octanol–water partition coefficient (Wildman–Crippen LogP) is 2.24. The molecule has 0 nitrogen and oxygen atoms in total. The Morgan fingerprint density at radius 1 is 1.14 bits per heavy atom. The van der Waals surface area contributed by atoms with Crippen LogP contribution in [0.3, 0.4) is 0 Å². The Balaban J connectivity index is 2.04. The molecule has 39 valence electrons. The standard InChI is InChI=1S/C7H11/c1-2-4-6-7-5-3-1/h1H,2-6H2. The first kappa shape index (κ1) is 5.14. The third kappa shape index (κ3) is 1.96. The van der Waals surface area contributed by atoms with Crippen molar-refractivity contribution in [1.29, 1.82) is 0 Å². The molecule has 0 spiro atoms. The van der Waals surface area contributed by atoms with Gasteiger partial charge in [0.15, 0.2) is 0 Å². The molecule has 1 aliphatic rings. The predicted molar refractivity (Wildman–Crippen MR) is 30.6 cm³/mol. The Morgan fingerprint density at radius 3 is 3.14 bits per heavy atom. The van der Waals surface area contributed by atoms with Gasteiger partial charge in [-0.1, -0.05) is 12.8 Å². The highest BCUT2D eigenvalue weighted by molar-refractivity contribution is 4.77. The Morgan fingerprint density at radius 2 is 2.14 bits per heavy atom. The molecule has 1 rings (SSSR count). The van der Waals surface area contributed by atoms with E-state index in [1.807, 2.05) is 0 Å². The normalized spacial score (nSPS) is 24.0. The first-order valence-electron chi connectivity index (χ1n) is 3.02. The van der Waals surface area contributed by atoms with E-state index in [9.17, 15) is 0 Å². The number of rotatable bonds is 0. The van der Waals surface area contributed by atoms with Gasteiger partial charge in [0.2, 0.25) is 0 Å². The van der Waals surface area contributed by atoms with Crippen LogP contribution in [0.5, 0.6) is 0 Å². The maximum atomic E-state index is 3.32.